The lowest BCUT2D eigenvalue weighted by Gasteiger charge is -2.23. The van der Waals surface area contributed by atoms with E-state index in [1.165, 1.54) is 6.08 Å². The van der Waals surface area contributed by atoms with E-state index in [-0.39, 0.29) is 12.8 Å². The summed E-state index contributed by atoms with van der Waals surface area (Å²) in [5.41, 5.74) is -1.86. The summed E-state index contributed by atoms with van der Waals surface area (Å²) in [6, 6.07) is -0.522. The maximum atomic E-state index is 14.5. The van der Waals surface area contributed by atoms with Crippen molar-refractivity contribution >= 4 is 15.7 Å². The number of halogens is 1. The fourth-order valence-corrected chi connectivity index (χ4v) is 2.42. The van der Waals surface area contributed by atoms with Gasteiger partial charge in [0, 0.05) is 24.1 Å². The Bertz CT molecular complexity index is 440. The Balaban J connectivity index is 2.60. The maximum Gasteiger partial charge on any atom is 0.258 e. The summed E-state index contributed by atoms with van der Waals surface area (Å²) >= 11 is 0. The van der Waals surface area contributed by atoms with Crippen molar-refractivity contribution in [2.75, 3.05) is 19.3 Å². The number of nitrogens with one attached hydrogen (secondary N) is 2. The Labute approximate surface area is 113 Å². The molecule has 1 heterocycles. The molecule has 0 aromatic carbocycles. The predicted molar refractivity (Wildman–Crippen MR) is 72.1 cm³/mol. The van der Waals surface area contributed by atoms with Crippen LogP contribution in [0.1, 0.15) is 26.2 Å². The lowest BCUT2D eigenvalue weighted by molar-refractivity contribution is -0.134. The Morgan fingerprint density at radius 1 is 1.42 bits per heavy atom. The van der Waals surface area contributed by atoms with E-state index in [0.29, 0.717) is 19.5 Å². The average molecular weight is 292 g/mol. The van der Waals surface area contributed by atoms with E-state index in [9.17, 15) is 17.6 Å². The van der Waals surface area contributed by atoms with Gasteiger partial charge in [0.15, 0.2) is 15.5 Å². The molecule has 0 radical (unpaired) electrons. The van der Waals surface area contributed by atoms with Crippen LogP contribution in [0.15, 0.2) is 11.5 Å². The molecule has 0 aliphatic carbocycles. The highest BCUT2D eigenvalue weighted by Crippen LogP contribution is 2.24. The van der Waals surface area contributed by atoms with Crippen molar-refractivity contribution in [2.24, 2.45) is 0 Å². The fraction of sp³-hybridized carbons (Fsp3) is 0.750. The van der Waals surface area contributed by atoms with Crippen LogP contribution in [-0.2, 0) is 14.6 Å². The number of amides is 1. The summed E-state index contributed by atoms with van der Waals surface area (Å²) in [5.74, 6) is -0.665. The number of carbonyl (C=O) groups is 1. The van der Waals surface area contributed by atoms with Gasteiger partial charge in [0.1, 0.15) is 0 Å². The van der Waals surface area contributed by atoms with Crippen LogP contribution in [-0.4, -0.2) is 45.4 Å². The highest BCUT2D eigenvalue weighted by atomic mass is 32.2. The van der Waals surface area contributed by atoms with Crippen LogP contribution < -0.4 is 10.6 Å². The van der Waals surface area contributed by atoms with E-state index in [1.54, 1.807) is 6.92 Å². The third-order valence-corrected chi connectivity index (χ3v) is 3.66. The molecule has 1 amide bonds. The van der Waals surface area contributed by atoms with Crippen LogP contribution in [0.4, 0.5) is 4.39 Å². The Hall–Kier alpha value is -0.950. The number of sulfone groups is 1. The second-order valence-corrected chi connectivity index (χ2v) is 6.92. The van der Waals surface area contributed by atoms with Gasteiger partial charge in [-0.3, -0.25) is 4.79 Å². The molecular weight excluding hydrogens is 271 g/mol. The van der Waals surface area contributed by atoms with Gasteiger partial charge in [0.25, 0.3) is 5.91 Å². The van der Waals surface area contributed by atoms with E-state index in [4.69, 9.17) is 0 Å². The van der Waals surface area contributed by atoms with Gasteiger partial charge in [-0.25, -0.2) is 12.8 Å². The fourth-order valence-electron chi connectivity index (χ4n) is 1.90. The van der Waals surface area contributed by atoms with Crippen molar-refractivity contribution in [1.29, 1.82) is 0 Å². The molecule has 1 saturated heterocycles. The van der Waals surface area contributed by atoms with Crippen LogP contribution in [0, 0.1) is 0 Å². The van der Waals surface area contributed by atoms with E-state index in [0.717, 1.165) is 11.7 Å². The van der Waals surface area contributed by atoms with Gasteiger partial charge < -0.3 is 10.6 Å². The second-order valence-electron chi connectivity index (χ2n) is 4.99. The van der Waals surface area contributed by atoms with Gasteiger partial charge in [-0.05, 0) is 32.9 Å². The maximum absolute atomic E-state index is 14.5. The van der Waals surface area contributed by atoms with E-state index in [1.807, 2.05) is 0 Å². The van der Waals surface area contributed by atoms with Crippen LogP contribution in [0.3, 0.4) is 0 Å². The summed E-state index contributed by atoms with van der Waals surface area (Å²) < 4.78 is 36.4. The molecule has 110 valence electrons. The minimum Gasteiger partial charge on any atom is -0.347 e. The molecule has 2 atom stereocenters. The zero-order chi connectivity index (χ0) is 14.5. The summed E-state index contributed by atoms with van der Waals surface area (Å²) in [6.45, 7) is 2.79. The molecule has 0 bridgehead atoms. The molecule has 1 rings (SSSR count). The molecule has 0 aromatic rings. The molecule has 0 aromatic heterocycles. The molecule has 0 spiro atoms. The molecule has 0 saturated carbocycles. The lowest BCUT2D eigenvalue weighted by Crippen LogP contribution is -2.46. The molecule has 1 unspecified atom stereocenters. The van der Waals surface area contributed by atoms with Gasteiger partial charge in [-0.1, -0.05) is 6.08 Å². The van der Waals surface area contributed by atoms with Crippen molar-refractivity contribution in [3.05, 3.63) is 11.5 Å². The normalized spacial score (nSPS) is 26.9. The minimum atomic E-state index is -3.24. The van der Waals surface area contributed by atoms with Gasteiger partial charge in [0.05, 0.1) is 0 Å². The number of alkyl halides is 1. The number of rotatable bonds is 4. The highest BCUT2D eigenvalue weighted by molar-refractivity contribution is 7.93. The predicted octanol–water partition coefficient (Wildman–Crippen LogP) is 0.531. The Kier molecular flexibility index (Phi) is 5.49. The first-order valence-electron chi connectivity index (χ1n) is 6.32. The van der Waals surface area contributed by atoms with Gasteiger partial charge in [0.2, 0.25) is 0 Å². The SMILES string of the molecule is C[C@H](/C=C\S(C)(=O)=O)NC(=O)C1(F)CCCNCC1. The zero-order valence-corrected chi connectivity index (χ0v) is 12.1. The third-order valence-electron chi connectivity index (χ3n) is 3.00. The summed E-state index contributed by atoms with van der Waals surface area (Å²) in [6.07, 6.45) is 3.34. The summed E-state index contributed by atoms with van der Waals surface area (Å²) in [7, 11) is -3.24. The number of hydrogen-bond acceptors (Lipinski definition) is 4. The van der Waals surface area contributed by atoms with E-state index < -0.39 is 27.5 Å². The van der Waals surface area contributed by atoms with Gasteiger partial charge >= 0.3 is 0 Å². The molecule has 19 heavy (non-hydrogen) atoms. The Morgan fingerprint density at radius 2 is 2.11 bits per heavy atom. The largest absolute Gasteiger partial charge is 0.347 e. The van der Waals surface area contributed by atoms with Crippen molar-refractivity contribution < 1.29 is 17.6 Å². The second kappa shape index (κ2) is 6.47. The molecular formula is C12H21FN2O3S. The minimum absolute atomic E-state index is 0.140. The molecule has 7 heteroatoms. The zero-order valence-electron chi connectivity index (χ0n) is 11.3. The summed E-state index contributed by atoms with van der Waals surface area (Å²) in [4.78, 5) is 11.9. The molecule has 5 nitrogen and oxygen atoms in total. The van der Waals surface area contributed by atoms with Crippen molar-refractivity contribution in [3.63, 3.8) is 0 Å². The van der Waals surface area contributed by atoms with Crippen LogP contribution in [0.5, 0.6) is 0 Å². The number of carbonyl (C=O) groups excluding carboxylic acids is 1. The molecule has 1 aliphatic heterocycles. The standard InChI is InChI=1S/C12H21FN2O3S/c1-10(4-9-19(2,17)18)15-11(16)12(13)5-3-7-14-8-6-12/h4,9-10,14H,3,5-8H2,1-2H3,(H,15,16)/b9-4-/t10-,12?/m1/s1. The monoisotopic (exact) mass is 292 g/mol. The first kappa shape index (κ1) is 16.1. The molecule has 1 aliphatic rings. The molecule has 2 N–H and O–H groups in total. The first-order valence-corrected chi connectivity index (χ1v) is 8.27. The highest BCUT2D eigenvalue weighted by Gasteiger charge is 2.38. The van der Waals surface area contributed by atoms with Crippen molar-refractivity contribution in [2.45, 2.75) is 37.9 Å². The van der Waals surface area contributed by atoms with Gasteiger partial charge in [-0.2, -0.15) is 0 Å². The van der Waals surface area contributed by atoms with Crippen molar-refractivity contribution in [3.8, 4) is 0 Å². The van der Waals surface area contributed by atoms with Crippen molar-refractivity contribution in [1.82, 2.24) is 10.6 Å². The van der Waals surface area contributed by atoms with Crippen LogP contribution >= 0.6 is 0 Å². The van der Waals surface area contributed by atoms with E-state index >= 15 is 0 Å². The van der Waals surface area contributed by atoms with E-state index in [2.05, 4.69) is 10.6 Å². The Morgan fingerprint density at radius 3 is 2.74 bits per heavy atom. The smallest absolute Gasteiger partial charge is 0.258 e. The quantitative estimate of drug-likeness (QED) is 0.792. The topological polar surface area (TPSA) is 75.3 Å². The molecule has 1 fully saturated rings. The van der Waals surface area contributed by atoms with Crippen LogP contribution in [0.2, 0.25) is 0 Å². The summed E-state index contributed by atoms with van der Waals surface area (Å²) in [5, 5.41) is 6.55. The average Bonchev–Trinajstić information content (AvgIpc) is 2.51. The van der Waals surface area contributed by atoms with Crippen LogP contribution in [0.25, 0.3) is 0 Å². The first-order chi connectivity index (χ1) is 8.73. The number of hydrogen-bond donors (Lipinski definition) is 2. The lowest BCUT2D eigenvalue weighted by atomic mass is 9.95. The third kappa shape index (κ3) is 5.69. The van der Waals surface area contributed by atoms with Gasteiger partial charge in [-0.15, -0.1) is 0 Å².